The van der Waals surface area contributed by atoms with Gasteiger partial charge in [0.15, 0.2) is 29.0 Å². The molecule has 2 fully saturated rings. The van der Waals surface area contributed by atoms with Gasteiger partial charge in [-0.05, 0) is 115 Å². The summed E-state index contributed by atoms with van der Waals surface area (Å²) in [6.07, 6.45) is 0.351. The molecule has 17 nitrogen and oxygen atoms in total. The summed E-state index contributed by atoms with van der Waals surface area (Å²) < 4.78 is 38.8. The van der Waals surface area contributed by atoms with Crippen LogP contribution in [0.2, 0.25) is 0 Å². The van der Waals surface area contributed by atoms with Crippen molar-refractivity contribution in [3.63, 3.8) is 0 Å². The smallest absolute Gasteiger partial charge is 1.00 e. The van der Waals surface area contributed by atoms with Crippen LogP contribution >= 0.6 is 0 Å². The second-order valence-corrected chi connectivity index (χ2v) is 18.6. The van der Waals surface area contributed by atoms with Gasteiger partial charge in [0.1, 0.15) is 46.0 Å². The number of amides is 2. The number of aromatic nitrogens is 4. The number of aliphatic hydroxyl groups excluding tert-OH is 1. The van der Waals surface area contributed by atoms with Crippen LogP contribution in [0.3, 0.4) is 0 Å². The van der Waals surface area contributed by atoms with Crippen LogP contribution in [0.4, 0.5) is 30.0 Å². The Bertz CT molecular complexity index is 2670. The van der Waals surface area contributed by atoms with Gasteiger partial charge in [0.05, 0.1) is 28.2 Å². The molecule has 372 valence electrons. The summed E-state index contributed by atoms with van der Waals surface area (Å²) in [5, 5.41) is 38.8. The minimum atomic E-state index is -0.623. The maximum Gasteiger partial charge on any atom is 1.00 e. The van der Waals surface area contributed by atoms with Crippen LogP contribution in [0.25, 0.3) is 44.6 Å². The first kappa shape index (κ1) is 57.2. The predicted octanol–water partition coefficient (Wildman–Crippen LogP) is 4.33. The minimum absolute atomic E-state index is 0. The molecule has 2 amide bonds. The molecule has 2 saturated heterocycles. The Hall–Kier alpha value is -6.37. The summed E-state index contributed by atoms with van der Waals surface area (Å²) in [5.41, 5.74) is 0.485. The maximum atomic E-state index is 13.9. The number of anilines is 2. The first-order chi connectivity index (χ1) is 32.7. The van der Waals surface area contributed by atoms with E-state index in [1.54, 1.807) is 36.6 Å². The van der Waals surface area contributed by atoms with E-state index in [4.69, 9.17) is 19.1 Å². The van der Waals surface area contributed by atoms with Gasteiger partial charge in [-0.25, -0.2) is 38.3 Å². The van der Waals surface area contributed by atoms with Crippen LogP contribution in [0.5, 0.6) is 11.5 Å². The number of rotatable bonds is 8. The second-order valence-electron chi connectivity index (χ2n) is 18.6. The Morgan fingerprint density at radius 3 is 1.44 bits per heavy atom. The Balaban J connectivity index is 0.000000347. The van der Waals surface area contributed by atoms with E-state index in [0.29, 0.717) is 48.8 Å². The van der Waals surface area contributed by atoms with Crippen LogP contribution in [0.15, 0.2) is 84.9 Å². The number of hydrogen-bond acceptors (Lipinski definition) is 15. The summed E-state index contributed by atoms with van der Waals surface area (Å²) in [5.74, 6) is 0.169. The average molecular weight is 989 g/mol. The average Bonchev–Trinajstić information content (AvgIpc) is 3.91. The topological polar surface area (TPSA) is 230 Å². The molecule has 2 aromatic heterocycles. The number of phenolic OH excluding ortho intramolecular Hbond substituents is 2. The molecule has 0 saturated carbocycles. The fourth-order valence-electron chi connectivity index (χ4n) is 7.96. The van der Waals surface area contributed by atoms with Crippen molar-refractivity contribution in [3.8, 4) is 34.3 Å². The van der Waals surface area contributed by atoms with Gasteiger partial charge in [0, 0.05) is 55.5 Å². The van der Waals surface area contributed by atoms with Crippen LogP contribution in [0, 0.1) is 23.5 Å². The van der Waals surface area contributed by atoms with Crippen molar-refractivity contribution >= 4 is 69.1 Å². The second kappa shape index (κ2) is 24.6. The van der Waals surface area contributed by atoms with Gasteiger partial charge >= 0.3 is 37.2 Å². The fourth-order valence-corrected chi connectivity index (χ4v) is 7.96. The van der Waals surface area contributed by atoms with Gasteiger partial charge < -0.3 is 46.7 Å². The summed E-state index contributed by atoms with van der Waals surface area (Å²) in [6, 6.07) is 21.8. The van der Waals surface area contributed by atoms with E-state index < -0.39 is 28.9 Å². The Kier molecular flexibility index (Phi) is 19.9. The third-order valence-electron chi connectivity index (χ3n) is 11.2. The van der Waals surface area contributed by atoms with Gasteiger partial charge in [0.2, 0.25) is 0 Å². The summed E-state index contributed by atoms with van der Waals surface area (Å²) in [7, 11) is 0. The van der Waals surface area contributed by atoms with Gasteiger partial charge in [-0.1, -0.05) is 31.2 Å². The third-order valence-corrected chi connectivity index (χ3v) is 11.2. The number of benzene rings is 4. The standard InChI is InChI=1S/C25H29FN4O3.C24H27FN4O4.CO2.Al.Li.4H/c1-5-15-13-30(24(32)33-25(2,3)4)14-20(15)28-22-17-8-6-7-9-19(17)27-23(29-22)18-12-16(26)10-11-21(18)31;1-24(2,3)33-23(32)29-11-14(13-30)19(12-29)27-21-16-6-4-5-7-18(16)26-22(28-21)17-10-15(25)8-9-20(17)31;2-1-3;;;;;;/h6-12,15,20,31H,5,13-14H2,1-4H3,(H,27,28,29);4-10,14,19,30-31H,11-13H2,1-3H3,(H,26,27,28);;;;;;;/q;;;;+1;;;;-1/t15-,20?;14-,19?;;;;;;;/m10......./s1. The van der Waals surface area contributed by atoms with Gasteiger partial charge in [-0.2, -0.15) is 9.59 Å². The van der Waals surface area contributed by atoms with Gasteiger partial charge in [-0.15, -0.1) is 0 Å². The third kappa shape index (κ3) is 14.8. The number of fused-ring (bicyclic) bond motifs is 2. The molecule has 2 unspecified atom stereocenters. The number of likely N-dealkylation sites (tertiary alicyclic amines) is 2. The quantitative estimate of drug-likeness (QED) is 0.134. The molecule has 0 bridgehead atoms. The molecule has 8 rings (SSSR count). The molecular weight excluding hydrogens is 929 g/mol. The normalized spacial score (nSPS) is 17.3. The summed E-state index contributed by atoms with van der Waals surface area (Å²) in [6.45, 7) is 14.6. The number of carbonyl (C=O) groups is 2. The van der Waals surface area contributed by atoms with E-state index in [9.17, 15) is 33.7 Å². The SMILES string of the molecule is CC(C)(C)OC(=O)N1CC(Nc2nc(-c3cc(F)ccc3O)nc3ccccc23)[C@H](CO)C1.CC[C@@H]1CN(C(=O)OC(C)(C)C)CC1Nc1nc(-c2cc(F)ccc2O)nc2ccccc12.O=C=O.[AlH3].[H-].[Li+]. The van der Waals surface area contributed by atoms with Crippen LogP contribution < -0.4 is 29.5 Å². The Morgan fingerprint density at radius 2 is 1.06 bits per heavy atom. The van der Waals surface area contributed by atoms with E-state index in [-0.39, 0.29) is 115 Å². The number of para-hydroxylation sites is 2. The summed E-state index contributed by atoms with van der Waals surface area (Å²) >= 11 is 0. The number of ether oxygens (including phenoxy) is 2. The molecule has 4 heterocycles. The van der Waals surface area contributed by atoms with E-state index in [2.05, 4.69) is 37.5 Å². The number of carbonyl (C=O) groups excluding carboxylic acids is 4. The molecule has 21 heteroatoms. The van der Waals surface area contributed by atoms with E-state index in [1.807, 2.05) is 63.2 Å². The van der Waals surface area contributed by atoms with Crippen molar-refractivity contribution in [2.24, 2.45) is 11.8 Å². The van der Waals surface area contributed by atoms with E-state index in [0.717, 1.165) is 23.3 Å². The fraction of sp³-hybridized carbons (Fsp3) is 0.380. The zero-order valence-corrected chi connectivity index (χ0v) is 40.4. The van der Waals surface area contributed by atoms with Crippen molar-refractivity contribution in [1.29, 1.82) is 0 Å². The van der Waals surface area contributed by atoms with Crippen molar-refractivity contribution in [3.05, 3.63) is 96.6 Å². The molecule has 0 radical (unpaired) electrons. The van der Waals surface area contributed by atoms with Crippen molar-refractivity contribution in [2.45, 2.75) is 78.2 Å². The Labute approximate surface area is 434 Å². The van der Waals surface area contributed by atoms with E-state index >= 15 is 0 Å². The van der Waals surface area contributed by atoms with Crippen LogP contribution in [-0.2, 0) is 19.1 Å². The van der Waals surface area contributed by atoms with Gasteiger partial charge in [-0.3, -0.25) is 0 Å². The summed E-state index contributed by atoms with van der Waals surface area (Å²) in [4.78, 5) is 63.0. The number of halogens is 2. The molecule has 0 spiro atoms. The first-order valence-corrected chi connectivity index (χ1v) is 22.3. The van der Waals surface area contributed by atoms with E-state index in [1.165, 1.54) is 30.3 Å². The zero-order valence-electron chi connectivity index (χ0n) is 41.4. The van der Waals surface area contributed by atoms with Crippen molar-refractivity contribution in [2.75, 3.05) is 43.4 Å². The predicted molar refractivity (Wildman–Crippen MR) is 264 cm³/mol. The Morgan fingerprint density at radius 1 is 0.676 bits per heavy atom. The first-order valence-electron chi connectivity index (χ1n) is 22.3. The minimum Gasteiger partial charge on any atom is -1.00 e. The number of aliphatic hydroxyl groups is 1. The van der Waals surface area contributed by atoms with Crippen LogP contribution in [0.1, 0.15) is 56.3 Å². The molecule has 6 aromatic rings. The largest absolute Gasteiger partial charge is 1.00 e. The molecule has 0 aliphatic carbocycles. The maximum absolute atomic E-state index is 13.9. The molecular formula is C50H60AlF2LiN8O9. The number of nitrogens with one attached hydrogen (secondary N) is 2. The molecule has 2 aliphatic heterocycles. The number of aromatic hydroxyl groups is 2. The molecule has 4 atom stereocenters. The van der Waals surface area contributed by atoms with Crippen molar-refractivity contribution < 1.29 is 73.0 Å². The van der Waals surface area contributed by atoms with Crippen LogP contribution in [-0.4, -0.2) is 137 Å². The number of phenols is 2. The molecule has 71 heavy (non-hydrogen) atoms. The molecule has 5 N–H and O–H groups in total. The molecule has 2 aliphatic rings. The number of nitrogens with zero attached hydrogens (tertiary/aromatic N) is 6. The number of hydrogen-bond donors (Lipinski definition) is 5. The zero-order chi connectivity index (χ0) is 50.2. The monoisotopic (exact) mass is 988 g/mol. The molecule has 4 aromatic carbocycles. The van der Waals surface area contributed by atoms with Crippen molar-refractivity contribution in [1.82, 2.24) is 29.7 Å². The van der Waals surface area contributed by atoms with Gasteiger partial charge in [0.25, 0.3) is 0 Å².